The van der Waals surface area contributed by atoms with Crippen molar-refractivity contribution in [3.8, 4) is 5.75 Å². The second-order valence-electron chi connectivity index (χ2n) is 6.06. The molecule has 1 atom stereocenters. The normalized spacial score (nSPS) is 16.0. The van der Waals surface area contributed by atoms with E-state index in [9.17, 15) is 9.59 Å². The number of aromatic nitrogens is 1. The van der Waals surface area contributed by atoms with Gasteiger partial charge in [-0.2, -0.15) is 0 Å². The summed E-state index contributed by atoms with van der Waals surface area (Å²) in [6.07, 6.45) is 0. The average Bonchev–Trinajstić information content (AvgIpc) is 2.61. The Labute approximate surface area is 151 Å². The fourth-order valence-electron chi connectivity index (χ4n) is 3.37. The smallest absolute Gasteiger partial charge is 0.340 e. The van der Waals surface area contributed by atoms with Gasteiger partial charge >= 0.3 is 5.97 Å². The Bertz CT molecular complexity index is 929. The molecule has 6 heteroatoms. The highest BCUT2D eigenvalue weighted by Gasteiger charge is 2.38. The molecule has 26 heavy (non-hydrogen) atoms. The molecular weight excluding hydrogens is 332 g/mol. The average molecular weight is 354 g/mol. The van der Waals surface area contributed by atoms with E-state index in [4.69, 9.17) is 15.2 Å². The number of carbonyl (C=O) groups is 1. The van der Waals surface area contributed by atoms with Crippen LogP contribution in [0.3, 0.4) is 0 Å². The van der Waals surface area contributed by atoms with Gasteiger partial charge in [0.05, 0.1) is 18.1 Å². The molecule has 2 N–H and O–H groups in total. The van der Waals surface area contributed by atoms with Gasteiger partial charge < -0.3 is 19.8 Å². The van der Waals surface area contributed by atoms with Crippen molar-refractivity contribution >= 4 is 5.97 Å². The number of fused-ring (bicyclic) bond motifs is 1. The summed E-state index contributed by atoms with van der Waals surface area (Å²) in [5, 5.41) is 0. The molecule has 2 aromatic rings. The van der Waals surface area contributed by atoms with E-state index in [2.05, 4.69) is 0 Å². The summed E-state index contributed by atoms with van der Waals surface area (Å²) in [4.78, 5) is 25.7. The van der Waals surface area contributed by atoms with Crippen LogP contribution >= 0.6 is 0 Å². The molecule has 1 aliphatic rings. The van der Waals surface area contributed by atoms with E-state index in [-0.39, 0.29) is 23.6 Å². The standard InChI is InChI=1S/C20H22N2O4/c1-4-22-12(3)11-14-16(19(22)23)15(13-9-7-6-8-10-13)17(18(21)26-14)20(24)25-5-2/h6-11,15H,4-5,21H2,1-3H3/t15-/m0/s1. The molecule has 0 aliphatic carbocycles. The predicted molar refractivity (Wildman–Crippen MR) is 97.9 cm³/mol. The van der Waals surface area contributed by atoms with Crippen LogP contribution in [0.2, 0.25) is 0 Å². The fraction of sp³-hybridized carbons (Fsp3) is 0.300. The molecule has 0 unspecified atom stereocenters. The number of pyridine rings is 1. The zero-order chi connectivity index (χ0) is 18.8. The fourth-order valence-corrected chi connectivity index (χ4v) is 3.37. The molecule has 0 fully saturated rings. The van der Waals surface area contributed by atoms with Gasteiger partial charge in [0.2, 0.25) is 5.88 Å². The number of hydrogen-bond donors (Lipinski definition) is 1. The first-order valence-electron chi connectivity index (χ1n) is 8.63. The van der Waals surface area contributed by atoms with Gasteiger partial charge in [-0.3, -0.25) is 4.79 Å². The third-order valence-electron chi connectivity index (χ3n) is 4.51. The van der Waals surface area contributed by atoms with Crippen molar-refractivity contribution in [2.75, 3.05) is 6.61 Å². The molecule has 0 amide bonds. The second kappa shape index (κ2) is 7.07. The molecule has 0 spiro atoms. The van der Waals surface area contributed by atoms with Crippen molar-refractivity contribution in [3.63, 3.8) is 0 Å². The first kappa shape index (κ1) is 17.8. The Balaban J connectivity index is 2.31. The number of rotatable bonds is 4. The molecule has 3 rings (SSSR count). The summed E-state index contributed by atoms with van der Waals surface area (Å²) < 4.78 is 12.5. The summed E-state index contributed by atoms with van der Waals surface area (Å²) in [6, 6.07) is 11.1. The van der Waals surface area contributed by atoms with E-state index in [0.717, 1.165) is 11.3 Å². The third kappa shape index (κ3) is 2.87. The maximum absolute atomic E-state index is 13.1. The van der Waals surface area contributed by atoms with Gasteiger partial charge in [-0.1, -0.05) is 30.3 Å². The number of carbonyl (C=O) groups excluding carboxylic acids is 1. The van der Waals surface area contributed by atoms with Crippen molar-refractivity contribution in [2.45, 2.75) is 33.2 Å². The van der Waals surface area contributed by atoms with Gasteiger partial charge in [-0.25, -0.2) is 4.79 Å². The van der Waals surface area contributed by atoms with E-state index >= 15 is 0 Å². The molecule has 136 valence electrons. The summed E-state index contributed by atoms with van der Waals surface area (Å²) in [5.41, 5.74) is 8.00. The lowest BCUT2D eigenvalue weighted by Crippen LogP contribution is -2.35. The van der Waals surface area contributed by atoms with Crippen LogP contribution in [0.15, 0.2) is 52.6 Å². The molecule has 2 heterocycles. The van der Waals surface area contributed by atoms with E-state index in [1.54, 1.807) is 17.6 Å². The molecule has 1 aromatic heterocycles. The monoisotopic (exact) mass is 354 g/mol. The highest BCUT2D eigenvalue weighted by molar-refractivity contribution is 5.92. The summed E-state index contributed by atoms with van der Waals surface area (Å²) >= 11 is 0. The van der Waals surface area contributed by atoms with Crippen LogP contribution in [0.25, 0.3) is 0 Å². The van der Waals surface area contributed by atoms with E-state index < -0.39 is 11.9 Å². The Hall–Kier alpha value is -3.02. The number of aryl methyl sites for hydroxylation is 1. The van der Waals surface area contributed by atoms with Crippen molar-refractivity contribution in [1.29, 1.82) is 0 Å². The van der Waals surface area contributed by atoms with Gasteiger partial charge in [0, 0.05) is 18.3 Å². The van der Waals surface area contributed by atoms with Crippen molar-refractivity contribution < 1.29 is 14.3 Å². The maximum Gasteiger partial charge on any atom is 0.340 e. The zero-order valence-electron chi connectivity index (χ0n) is 15.1. The van der Waals surface area contributed by atoms with Crippen LogP contribution < -0.4 is 16.0 Å². The Morgan fingerprint density at radius 1 is 1.27 bits per heavy atom. The molecule has 1 aromatic carbocycles. The van der Waals surface area contributed by atoms with Crippen molar-refractivity contribution in [3.05, 3.63) is 75.0 Å². The largest absolute Gasteiger partial charge is 0.462 e. The Morgan fingerprint density at radius 3 is 2.58 bits per heavy atom. The van der Waals surface area contributed by atoms with Gasteiger partial charge in [0.15, 0.2) is 0 Å². The van der Waals surface area contributed by atoms with Crippen LogP contribution in [0.4, 0.5) is 0 Å². The third-order valence-corrected chi connectivity index (χ3v) is 4.51. The molecule has 0 radical (unpaired) electrons. The quantitative estimate of drug-likeness (QED) is 0.853. The Morgan fingerprint density at radius 2 is 1.96 bits per heavy atom. The van der Waals surface area contributed by atoms with Gasteiger partial charge in [0.25, 0.3) is 5.56 Å². The van der Waals surface area contributed by atoms with Crippen LogP contribution in [0.5, 0.6) is 5.75 Å². The second-order valence-corrected chi connectivity index (χ2v) is 6.06. The predicted octanol–water partition coefficient (Wildman–Crippen LogP) is 2.43. The lowest BCUT2D eigenvalue weighted by Gasteiger charge is -2.29. The molecule has 0 bridgehead atoms. The SMILES string of the molecule is CCOC(=O)C1=C(N)Oc2cc(C)n(CC)c(=O)c2[C@@H]1c1ccccc1. The highest BCUT2D eigenvalue weighted by Crippen LogP contribution is 2.41. The molecule has 6 nitrogen and oxygen atoms in total. The summed E-state index contributed by atoms with van der Waals surface area (Å²) in [6.45, 7) is 6.19. The van der Waals surface area contributed by atoms with Crippen LogP contribution in [0.1, 0.15) is 36.6 Å². The molecule has 1 aliphatic heterocycles. The minimum atomic E-state index is -0.634. The Kier molecular flexibility index (Phi) is 4.84. The highest BCUT2D eigenvalue weighted by atomic mass is 16.5. The maximum atomic E-state index is 13.1. The zero-order valence-corrected chi connectivity index (χ0v) is 15.1. The minimum Gasteiger partial charge on any atom is -0.462 e. The van der Waals surface area contributed by atoms with Crippen LogP contribution in [-0.2, 0) is 16.1 Å². The summed E-state index contributed by atoms with van der Waals surface area (Å²) in [7, 11) is 0. The van der Waals surface area contributed by atoms with Gasteiger partial charge in [0.1, 0.15) is 11.3 Å². The number of nitrogens with zero attached hydrogens (tertiary/aromatic N) is 1. The van der Waals surface area contributed by atoms with Gasteiger partial charge in [-0.15, -0.1) is 0 Å². The van der Waals surface area contributed by atoms with Crippen LogP contribution in [-0.4, -0.2) is 17.1 Å². The van der Waals surface area contributed by atoms with E-state index in [1.807, 2.05) is 44.2 Å². The number of hydrogen-bond acceptors (Lipinski definition) is 5. The first-order chi connectivity index (χ1) is 12.5. The first-order valence-corrected chi connectivity index (χ1v) is 8.63. The number of benzene rings is 1. The lowest BCUT2D eigenvalue weighted by atomic mass is 9.83. The number of esters is 1. The molecule has 0 saturated carbocycles. The van der Waals surface area contributed by atoms with Crippen LogP contribution in [0, 0.1) is 6.92 Å². The van der Waals surface area contributed by atoms with Crippen molar-refractivity contribution in [2.24, 2.45) is 5.73 Å². The number of ether oxygens (including phenoxy) is 2. The lowest BCUT2D eigenvalue weighted by molar-refractivity contribution is -0.139. The minimum absolute atomic E-state index is 0.0298. The molecule has 0 saturated heterocycles. The van der Waals surface area contributed by atoms with E-state index in [1.165, 1.54) is 0 Å². The van der Waals surface area contributed by atoms with Gasteiger partial charge in [-0.05, 0) is 26.3 Å². The molecular formula is C20H22N2O4. The van der Waals surface area contributed by atoms with E-state index in [0.29, 0.717) is 17.9 Å². The topological polar surface area (TPSA) is 83.5 Å². The number of nitrogens with two attached hydrogens (primary N) is 1. The summed E-state index contributed by atoms with van der Waals surface area (Å²) in [5.74, 6) is -0.855. The van der Waals surface area contributed by atoms with Crippen molar-refractivity contribution in [1.82, 2.24) is 4.57 Å².